The Hall–Kier alpha value is -1.45. The van der Waals surface area contributed by atoms with Crippen LogP contribution < -0.4 is 5.32 Å². The molecular weight excluding hydrogens is 313 g/mol. The van der Waals surface area contributed by atoms with Gasteiger partial charge in [0, 0.05) is 38.0 Å². The van der Waals surface area contributed by atoms with E-state index in [1.165, 1.54) is 6.07 Å². The number of ether oxygens (including phenoxy) is 1. The minimum absolute atomic E-state index is 0.0193. The highest BCUT2D eigenvalue weighted by Crippen LogP contribution is 2.28. The van der Waals surface area contributed by atoms with Crippen LogP contribution in [0.2, 0.25) is 0 Å². The van der Waals surface area contributed by atoms with E-state index in [0.717, 1.165) is 25.7 Å². The fourth-order valence-corrected chi connectivity index (χ4v) is 3.15. The fraction of sp³-hybridized carbons (Fsp3) is 0.714. The van der Waals surface area contributed by atoms with Gasteiger partial charge < -0.3 is 15.2 Å². The van der Waals surface area contributed by atoms with E-state index in [2.05, 4.69) is 20.2 Å². The van der Waals surface area contributed by atoms with Gasteiger partial charge in [-0.05, 0) is 18.9 Å². The Kier molecular flexibility index (Phi) is 4.69. The predicted octanol–water partition coefficient (Wildman–Crippen LogP) is 1.13. The van der Waals surface area contributed by atoms with Gasteiger partial charge in [-0.1, -0.05) is 0 Å². The largest absolute Gasteiger partial charge is 0.451 e. The SMILES string of the molecule is OCC[C@H]1CN2C[C@@H](Nc3ccnc(C(F)(F)F)n3)C[C@H]2CO1. The van der Waals surface area contributed by atoms with Crippen LogP contribution in [0.25, 0.3) is 0 Å². The molecule has 2 saturated heterocycles. The Morgan fingerprint density at radius 3 is 2.96 bits per heavy atom. The Balaban J connectivity index is 1.60. The Morgan fingerprint density at radius 2 is 2.22 bits per heavy atom. The van der Waals surface area contributed by atoms with Gasteiger partial charge in [-0.25, -0.2) is 9.97 Å². The van der Waals surface area contributed by atoms with Crippen LogP contribution in [-0.2, 0) is 10.9 Å². The standard InChI is InChI=1S/C14H19F3N4O2/c15-14(16,17)13-18-3-1-12(20-13)19-9-5-10-8-23-11(2-4-22)7-21(10)6-9/h1,3,9-11,22H,2,4-8H2,(H,18,19,20)/t9-,10-,11-/m0/s1. The third-order valence-corrected chi connectivity index (χ3v) is 4.20. The predicted molar refractivity (Wildman–Crippen MR) is 75.9 cm³/mol. The molecule has 0 spiro atoms. The zero-order chi connectivity index (χ0) is 16.4. The van der Waals surface area contributed by atoms with E-state index < -0.39 is 12.0 Å². The number of morpholine rings is 1. The monoisotopic (exact) mass is 332 g/mol. The van der Waals surface area contributed by atoms with Crippen molar-refractivity contribution in [3.8, 4) is 0 Å². The number of hydrogen-bond acceptors (Lipinski definition) is 6. The molecule has 2 fully saturated rings. The van der Waals surface area contributed by atoms with Crippen molar-refractivity contribution in [3.63, 3.8) is 0 Å². The molecule has 0 saturated carbocycles. The molecule has 3 rings (SSSR count). The Morgan fingerprint density at radius 1 is 1.39 bits per heavy atom. The van der Waals surface area contributed by atoms with Crippen LogP contribution in [0.3, 0.4) is 0 Å². The second kappa shape index (κ2) is 6.58. The van der Waals surface area contributed by atoms with Gasteiger partial charge in [-0.2, -0.15) is 13.2 Å². The molecule has 23 heavy (non-hydrogen) atoms. The van der Waals surface area contributed by atoms with Crippen LogP contribution in [0.4, 0.5) is 19.0 Å². The summed E-state index contributed by atoms with van der Waals surface area (Å²) in [5.74, 6) is -0.949. The van der Waals surface area contributed by atoms with Gasteiger partial charge in [-0.15, -0.1) is 0 Å². The van der Waals surface area contributed by atoms with Gasteiger partial charge in [-0.3, -0.25) is 4.90 Å². The average Bonchev–Trinajstić information content (AvgIpc) is 2.88. The maximum absolute atomic E-state index is 12.6. The van der Waals surface area contributed by atoms with E-state index in [1.54, 1.807) is 0 Å². The summed E-state index contributed by atoms with van der Waals surface area (Å²) in [7, 11) is 0. The van der Waals surface area contributed by atoms with Crippen molar-refractivity contribution in [1.29, 1.82) is 0 Å². The normalized spacial score (nSPS) is 28.6. The lowest BCUT2D eigenvalue weighted by Crippen LogP contribution is -2.46. The van der Waals surface area contributed by atoms with Crippen LogP contribution in [0.5, 0.6) is 0 Å². The molecule has 0 bridgehead atoms. The molecule has 1 aromatic rings. The van der Waals surface area contributed by atoms with E-state index in [9.17, 15) is 13.2 Å². The van der Waals surface area contributed by atoms with E-state index in [1.807, 2.05) is 0 Å². The summed E-state index contributed by atoms with van der Waals surface area (Å²) in [5.41, 5.74) is 0. The summed E-state index contributed by atoms with van der Waals surface area (Å²) < 4.78 is 43.6. The number of anilines is 1. The molecule has 0 amide bonds. The van der Waals surface area contributed by atoms with Crippen LogP contribution in [0.1, 0.15) is 18.7 Å². The number of aromatic nitrogens is 2. The Labute approximate surface area is 131 Å². The first kappa shape index (κ1) is 16.4. The molecule has 9 heteroatoms. The molecule has 128 valence electrons. The molecule has 3 atom stereocenters. The zero-order valence-corrected chi connectivity index (χ0v) is 12.5. The third-order valence-electron chi connectivity index (χ3n) is 4.20. The summed E-state index contributed by atoms with van der Waals surface area (Å²) in [6, 6.07) is 1.72. The van der Waals surface area contributed by atoms with Crippen LogP contribution in [0, 0.1) is 0 Å². The van der Waals surface area contributed by atoms with Crippen molar-refractivity contribution in [3.05, 3.63) is 18.1 Å². The van der Waals surface area contributed by atoms with E-state index in [0.29, 0.717) is 13.0 Å². The summed E-state index contributed by atoms with van der Waals surface area (Å²) >= 11 is 0. The van der Waals surface area contributed by atoms with E-state index in [-0.39, 0.29) is 30.6 Å². The molecule has 0 aromatic carbocycles. The fourth-order valence-electron chi connectivity index (χ4n) is 3.15. The van der Waals surface area contributed by atoms with Crippen molar-refractivity contribution >= 4 is 5.82 Å². The lowest BCUT2D eigenvalue weighted by Gasteiger charge is -2.34. The van der Waals surface area contributed by atoms with Crippen molar-refractivity contribution < 1.29 is 23.0 Å². The molecule has 2 N–H and O–H groups in total. The van der Waals surface area contributed by atoms with Gasteiger partial charge in [0.1, 0.15) is 5.82 Å². The van der Waals surface area contributed by atoms with Crippen LogP contribution >= 0.6 is 0 Å². The number of aliphatic hydroxyl groups excluding tert-OH is 1. The second-order valence-electron chi connectivity index (χ2n) is 5.92. The zero-order valence-electron chi connectivity index (χ0n) is 12.5. The number of halogens is 3. The summed E-state index contributed by atoms with van der Waals surface area (Å²) in [4.78, 5) is 9.05. The molecule has 1 aromatic heterocycles. The molecule has 6 nitrogen and oxygen atoms in total. The quantitative estimate of drug-likeness (QED) is 0.861. The van der Waals surface area contributed by atoms with Gasteiger partial charge in [0.05, 0.1) is 12.7 Å². The first-order chi connectivity index (χ1) is 11.0. The highest BCUT2D eigenvalue weighted by atomic mass is 19.4. The topological polar surface area (TPSA) is 70.5 Å². The van der Waals surface area contributed by atoms with Crippen molar-refractivity contribution in [2.75, 3.05) is 31.6 Å². The van der Waals surface area contributed by atoms with E-state index >= 15 is 0 Å². The van der Waals surface area contributed by atoms with Crippen molar-refractivity contribution in [2.24, 2.45) is 0 Å². The Bertz CT molecular complexity index is 543. The molecule has 2 aliphatic heterocycles. The third kappa shape index (κ3) is 3.91. The number of nitrogens with zero attached hydrogens (tertiary/aromatic N) is 3. The summed E-state index contributed by atoms with van der Waals surface area (Å²) in [6.07, 6.45) is -2.03. The van der Waals surface area contributed by atoms with Crippen LogP contribution in [-0.4, -0.2) is 64.5 Å². The number of hydrogen-bond donors (Lipinski definition) is 2. The molecular formula is C14H19F3N4O2. The summed E-state index contributed by atoms with van der Waals surface area (Å²) in [5, 5.41) is 12.0. The molecule has 0 aliphatic carbocycles. The van der Waals surface area contributed by atoms with Crippen LogP contribution in [0.15, 0.2) is 12.3 Å². The van der Waals surface area contributed by atoms with Crippen molar-refractivity contribution in [2.45, 2.75) is 37.2 Å². The lowest BCUT2D eigenvalue weighted by molar-refractivity contribution is -0.144. The maximum Gasteiger partial charge on any atom is 0.451 e. The number of nitrogens with one attached hydrogen (secondary N) is 1. The number of rotatable bonds is 4. The van der Waals surface area contributed by atoms with Crippen molar-refractivity contribution in [1.82, 2.24) is 14.9 Å². The number of alkyl halides is 3. The average molecular weight is 332 g/mol. The smallest absolute Gasteiger partial charge is 0.396 e. The second-order valence-corrected chi connectivity index (χ2v) is 5.92. The van der Waals surface area contributed by atoms with Gasteiger partial charge >= 0.3 is 6.18 Å². The molecule has 0 unspecified atom stereocenters. The number of aliphatic hydroxyl groups is 1. The highest BCUT2D eigenvalue weighted by Gasteiger charge is 2.38. The summed E-state index contributed by atoms with van der Waals surface area (Å²) in [6.45, 7) is 2.13. The first-order valence-electron chi connectivity index (χ1n) is 7.59. The van der Waals surface area contributed by atoms with Gasteiger partial charge in [0.2, 0.25) is 5.82 Å². The highest BCUT2D eigenvalue weighted by molar-refractivity contribution is 5.35. The van der Waals surface area contributed by atoms with E-state index in [4.69, 9.17) is 9.84 Å². The lowest BCUT2D eigenvalue weighted by atomic mass is 10.1. The first-order valence-corrected chi connectivity index (χ1v) is 7.59. The minimum Gasteiger partial charge on any atom is -0.396 e. The molecule has 2 aliphatic rings. The molecule has 3 heterocycles. The van der Waals surface area contributed by atoms with Gasteiger partial charge in [0.25, 0.3) is 0 Å². The maximum atomic E-state index is 12.6. The van der Waals surface area contributed by atoms with Gasteiger partial charge in [0.15, 0.2) is 0 Å². The molecule has 0 radical (unpaired) electrons. The minimum atomic E-state index is -4.55. The number of fused-ring (bicyclic) bond motifs is 1.